The zero-order valence-electron chi connectivity index (χ0n) is 6.96. The van der Waals surface area contributed by atoms with Crippen molar-refractivity contribution in [1.29, 1.82) is 0 Å². The van der Waals surface area contributed by atoms with Crippen LogP contribution in [0.2, 0.25) is 0 Å². The molecule has 2 N–H and O–H groups in total. The van der Waals surface area contributed by atoms with E-state index in [1.807, 2.05) is 6.92 Å². The molecule has 0 spiro atoms. The first kappa shape index (κ1) is 12.3. The van der Waals surface area contributed by atoms with Gasteiger partial charge in [0.1, 0.15) is 4.66 Å². The van der Waals surface area contributed by atoms with Gasteiger partial charge in [0.15, 0.2) is 0 Å². The van der Waals surface area contributed by atoms with Gasteiger partial charge in [-0.05, 0) is 12.3 Å². The van der Waals surface area contributed by atoms with Crippen LogP contribution in [0.4, 0.5) is 0 Å². The summed E-state index contributed by atoms with van der Waals surface area (Å²) in [5.74, 6) is 0.170. The van der Waals surface area contributed by atoms with E-state index in [2.05, 4.69) is 20.7 Å². The minimum atomic E-state index is -3.15. The van der Waals surface area contributed by atoms with Crippen molar-refractivity contribution in [2.75, 3.05) is 17.8 Å². The summed E-state index contributed by atoms with van der Waals surface area (Å²) in [6.07, 6.45) is 0.616. The SMILES string of the molecule is CC(CCO)CNS(=O)(=O)CBr. The predicted molar refractivity (Wildman–Crippen MR) is 51.6 cm³/mol. The van der Waals surface area contributed by atoms with E-state index in [0.29, 0.717) is 13.0 Å². The summed E-state index contributed by atoms with van der Waals surface area (Å²) in [7, 11) is -3.15. The van der Waals surface area contributed by atoms with Crippen LogP contribution in [0.3, 0.4) is 0 Å². The van der Waals surface area contributed by atoms with Crippen molar-refractivity contribution in [3.05, 3.63) is 0 Å². The number of rotatable bonds is 6. The first-order valence-corrected chi connectivity index (χ1v) is 6.43. The number of aliphatic hydroxyl groups is 1. The van der Waals surface area contributed by atoms with Crippen LogP contribution in [0.25, 0.3) is 0 Å². The van der Waals surface area contributed by atoms with Crippen molar-refractivity contribution in [2.45, 2.75) is 13.3 Å². The van der Waals surface area contributed by atoms with Gasteiger partial charge in [0.05, 0.1) is 0 Å². The van der Waals surface area contributed by atoms with E-state index in [9.17, 15) is 8.42 Å². The van der Waals surface area contributed by atoms with Crippen LogP contribution < -0.4 is 4.72 Å². The zero-order valence-corrected chi connectivity index (χ0v) is 9.36. The zero-order chi connectivity index (χ0) is 9.61. The lowest BCUT2D eigenvalue weighted by Gasteiger charge is -2.09. The summed E-state index contributed by atoms with van der Waals surface area (Å²) >= 11 is 2.86. The van der Waals surface area contributed by atoms with Crippen LogP contribution >= 0.6 is 15.9 Å². The molecule has 0 heterocycles. The van der Waals surface area contributed by atoms with E-state index >= 15 is 0 Å². The van der Waals surface area contributed by atoms with Gasteiger partial charge in [0.2, 0.25) is 10.0 Å². The monoisotopic (exact) mass is 259 g/mol. The van der Waals surface area contributed by atoms with Crippen molar-refractivity contribution in [3.63, 3.8) is 0 Å². The number of alkyl halides is 1. The smallest absolute Gasteiger partial charge is 0.221 e. The minimum Gasteiger partial charge on any atom is -0.396 e. The second kappa shape index (κ2) is 5.90. The molecule has 0 saturated heterocycles. The Morgan fingerprint density at radius 1 is 1.58 bits per heavy atom. The topological polar surface area (TPSA) is 66.4 Å². The van der Waals surface area contributed by atoms with E-state index in [1.165, 1.54) is 0 Å². The number of nitrogens with one attached hydrogen (secondary N) is 1. The van der Waals surface area contributed by atoms with Gasteiger partial charge < -0.3 is 5.11 Å². The standard InChI is InChI=1S/C6H14BrNO3S/c1-6(2-3-9)4-8-12(10,11)5-7/h6,8-9H,2-5H2,1H3. The molecule has 0 aliphatic carbocycles. The number of hydrogen-bond acceptors (Lipinski definition) is 3. The first-order valence-electron chi connectivity index (χ1n) is 3.66. The summed E-state index contributed by atoms with van der Waals surface area (Å²) in [5, 5.41) is 8.54. The summed E-state index contributed by atoms with van der Waals surface area (Å²) in [4.78, 5) is 0. The minimum absolute atomic E-state index is 0.0775. The molecule has 74 valence electrons. The second-order valence-corrected chi connectivity index (χ2v) is 5.80. The maximum Gasteiger partial charge on any atom is 0.221 e. The normalized spacial score (nSPS) is 14.6. The van der Waals surface area contributed by atoms with Crippen LogP contribution in [0, 0.1) is 5.92 Å². The Bertz CT molecular complexity index is 205. The highest BCUT2D eigenvalue weighted by Crippen LogP contribution is 2.00. The van der Waals surface area contributed by atoms with Crippen LogP contribution in [-0.2, 0) is 10.0 Å². The maximum atomic E-state index is 10.9. The third kappa shape index (κ3) is 5.93. The van der Waals surface area contributed by atoms with Crippen molar-refractivity contribution < 1.29 is 13.5 Å². The summed E-state index contributed by atoms with van der Waals surface area (Å²) in [6, 6.07) is 0. The van der Waals surface area contributed by atoms with Gasteiger partial charge in [-0.25, -0.2) is 13.1 Å². The van der Waals surface area contributed by atoms with Gasteiger partial charge in [-0.3, -0.25) is 0 Å². The van der Waals surface area contributed by atoms with Crippen molar-refractivity contribution in [3.8, 4) is 0 Å². The van der Waals surface area contributed by atoms with Gasteiger partial charge in [-0.15, -0.1) is 0 Å². The lowest BCUT2D eigenvalue weighted by Crippen LogP contribution is -2.29. The average molecular weight is 260 g/mol. The van der Waals surface area contributed by atoms with E-state index < -0.39 is 10.0 Å². The van der Waals surface area contributed by atoms with Crippen LogP contribution in [-0.4, -0.2) is 31.3 Å². The molecule has 0 aromatic carbocycles. The van der Waals surface area contributed by atoms with E-state index in [0.717, 1.165) is 0 Å². The molecule has 1 unspecified atom stereocenters. The van der Waals surface area contributed by atoms with Gasteiger partial charge >= 0.3 is 0 Å². The fourth-order valence-corrected chi connectivity index (χ4v) is 1.73. The number of halogens is 1. The van der Waals surface area contributed by atoms with Gasteiger partial charge in [-0.1, -0.05) is 22.9 Å². The number of sulfonamides is 1. The molecule has 0 aliphatic rings. The molecule has 12 heavy (non-hydrogen) atoms. The fourth-order valence-electron chi connectivity index (χ4n) is 0.630. The summed E-state index contributed by atoms with van der Waals surface area (Å²) in [5.41, 5.74) is 0. The van der Waals surface area contributed by atoms with E-state index in [4.69, 9.17) is 5.11 Å². The van der Waals surface area contributed by atoms with Crippen molar-refractivity contribution >= 4 is 26.0 Å². The highest BCUT2D eigenvalue weighted by atomic mass is 79.9. The van der Waals surface area contributed by atoms with Crippen molar-refractivity contribution in [1.82, 2.24) is 4.72 Å². The molecule has 1 atom stereocenters. The van der Waals surface area contributed by atoms with E-state index in [-0.39, 0.29) is 17.2 Å². The lowest BCUT2D eigenvalue weighted by molar-refractivity contribution is 0.263. The lowest BCUT2D eigenvalue weighted by atomic mass is 10.1. The molecule has 0 amide bonds. The Morgan fingerprint density at radius 2 is 2.17 bits per heavy atom. The largest absolute Gasteiger partial charge is 0.396 e. The predicted octanol–water partition coefficient (Wildman–Crippen LogP) is 0.277. The second-order valence-electron chi connectivity index (χ2n) is 2.69. The highest BCUT2D eigenvalue weighted by Gasteiger charge is 2.09. The number of hydrogen-bond donors (Lipinski definition) is 2. The Balaban J connectivity index is 3.68. The Morgan fingerprint density at radius 3 is 2.58 bits per heavy atom. The molecular formula is C6H14BrNO3S. The highest BCUT2D eigenvalue weighted by molar-refractivity contribution is 9.10. The molecule has 0 aliphatic heterocycles. The van der Waals surface area contributed by atoms with Crippen LogP contribution in [0.5, 0.6) is 0 Å². The molecule has 0 bridgehead atoms. The average Bonchev–Trinajstić information content (AvgIpc) is 2.02. The Hall–Kier alpha value is 0.350. The first-order chi connectivity index (χ1) is 5.52. The molecule has 0 aromatic rings. The Kier molecular flexibility index (Phi) is 6.08. The Labute approximate surface area is 81.5 Å². The molecule has 4 nitrogen and oxygen atoms in total. The van der Waals surface area contributed by atoms with Gasteiger partial charge in [-0.2, -0.15) is 0 Å². The third-order valence-electron chi connectivity index (χ3n) is 1.42. The molecule has 0 radical (unpaired) electrons. The van der Waals surface area contributed by atoms with Gasteiger partial charge in [0, 0.05) is 13.2 Å². The van der Waals surface area contributed by atoms with Gasteiger partial charge in [0.25, 0.3) is 0 Å². The molecule has 0 fully saturated rings. The van der Waals surface area contributed by atoms with E-state index in [1.54, 1.807) is 0 Å². The molecule has 0 aromatic heterocycles. The molecule has 0 saturated carbocycles. The fraction of sp³-hybridized carbons (Fsp3) is 1.00. The van der Waals surface area contributed by atoms with Crippen LogP contribution in [0.15, 0.2) is 0 Å². The molecule has 6 heteroatoms. The molecule has 0 rings (SSSR count). The quantitative estimate of drug-likeness (QED) is 0.674. The summed E-state index contributed by atoms with van der Waals surface area (Å²) < 4.78 is 24.1. The number of aliphatic hydroxyl groups excluding tert-OH is 1. The van der Waals surface area contributed by atoms with Crippen molar-refractivity contribution in [2.24, 2.45) is 5.92 Å². The third-order valence-corrected chi connectivity index (χ3v) is 4.12. The van der Waals surface area contributed by atoms with Crippen LogP contribution in [0.1, 0.15) is 13.3 Å². The summed E-state index contributed by atoms with van der Waals surface area (Å²) in [6.45, 7) is 2.36. The molecular weight excluding hydrogens is 246 g/mol. The maximum absolute atomic E-state index is 10.9.